The van der Waals surface area contributed by atoms with Gasteiger partial charge in [0, 0.05) is 0 Å². The lowest BCUT2D eigenvalue weighted by molar-refractivity contribution is 0.103. The van der Waals surface area contributed by atoms with Crippen LogP contribution < -0.4 is 0 Å². The normalized spacial score (nSPS) is 10.7. The molecule has 0 aliphatic carbocycles. The van der Waals surface area contributed by atoms with Crippen molar-refractivity contribution >= 4 is 37.6 Å². The molecule has 2 rings (SSSR count). The van der Waals surface area contributed by atoms with Gasteiger partial charge in [-0.2, -0.15) is 0 Å². The highest BCUT2D eigenvalue weighted by molar-refractivity contribution is 9.10. The molecule has 0 aliphatic rings. The van der Waals surface area contributed by atoms with Crippen LogP contribution in [-0.4, -0.2) is 5.78 Å². The van der Waals surface area contributed by atoms with Crippen LogP contribution in [0.25, 0.3) is 0 Å². The smallest absolute Gasteiger partial charge is 0.198 e. The molecule has 0 spiro atoms. The van der Waals surface area contributed by atoms with Crippen LogP contribution in [0.3, 0.4) is 0 Å². The predicted octanol–water partition coefficient (Wildman–Crippen LogP) is 5.34. The molecule has 5 heteroatoms. The summed E-state index contributed by atoms with van der Waals surface area (Å²) in [6.07, 6.45) is 0. The first-order valence-corrected chi connectivity index (χ1v) is 7.37. The molecule has 20 heavy (non-hydrogen) atoms. The van der Waals surface area contributed by atoms with Crippen molar-refractivity contribution in [3.8, 4) is 0 Å². The molecular weight excluding hydrogens is 394 g/mol. The Hall–Kier alpha value is -1.07. The van der Waals surface area contributed by atoms with Crippen LogP contribution in [0.4, 0.5) is 8.78 Å². The minimum Gasteiger partial charge on any atom is -0.288 e. The van der Waals surface area contributed by atoms with Crippen molar-refractivity contribution in [1.82, 2.24) is 0 Å². The molecule has 0 aliphatic heterocycles. The van der Waals surface area contributed by atoms with Crippen LogP contribution >= 0.6 is 31.9 Å². The van der Waals surface area contributed by atoms with E-state index in [0.29, 0.717) is 11.1 Å². The summed E-state index contributed by atoms with van der Waals surface area (Å²) in [6.45, 7) is 3.43. The minimum atomic E-state index is -0.679. The lowest BCUT2D eigenvalue weighted by Gasteiger charge is -2.09. The first-order valence-electron chi connectivity index (χ1n) is 5.78. The standard InChI is InChI=1S/C15H10Br2F2O/c1-7-3-5-9(13(18)11(7)16)15(20)10-6-4-8(2)12(17)14(10)19/h3-6H,1-2H3. The summed E-state index contributed by atoms with van der Waals surface area (Å²) in [5.41, 5.74) is 1.03. The highest BCUT2D eigenvalue weighted by atomic mass is 79.9. The molecule has 0 amide bonds. The van der Waals surface area contributed by atoms with Gasteiger partial charge in [-0.1, -0.05) is 12.1 Å². The summed E-state index contributed by atoms with van der Waals surface area (Å²) in [6, 6.07) is 5.96. The molecule has 0 bridgehead atoms. The third-order valence-electron chi connectivity index (χ3n) is 3.04. The predicted molar refractivity (Wildman–Crippen MR) is 81.1 cm³/mol. The second-order valence-corrected chi connectivity index (χ2v) is 6.03. The SMILES string of the molecule is Cc1ccc(C(=O)c2ccc(C)c(Br)c2F)c(F)c1Br. The number of ketones is 1. The molecule has 2 aromatic rings. The van der Waals surface area contributed by atoms with E-state index in [4.69, 9.17) is 0 Å². The molecule has 0 atom stereocenters. The topological polar surface area (TPSA) is 17.1 Å². The summed E-state index contributed by atoms with van der Waals surface area (Å²) in [7, 11) is 0. The lowest BCUT2D eigenvalue weighted by atomic mass is 10.00. The van der Waals surface area contributed by atoms with E-state index >= 15 is 0 Å². The fourth-order valence-corrected chi connectivity index (χ4v) is 2.48. The van der Waals surface area contributed by atoms with Gasteiger partial charge < -0.3 is 0 Å². The molecule has 0 unspecified atom stereocenters. The fourth-order valence-electron chi connectivity index (χ4n) is 1.79. The number of halogens is 4. The molecule has 0 radical (unpaired) electrons. The van der Waals surface area contributed by atoms with E-state index in [1.54, 1.807) is 26.0 Å². The number of benzene rings is 2. The zero-order valence-corrected chi connectivity index (χ0v) is 13.9. The van der Waals surface area contributed by atoms with E-state index < -0.39 is 17.4 Å². The Morgan fingerprint density at radius 1 is 0.850 bits per heavy atom. The zero-order valence-electron chi connectivity index (χ0n) is 10.7. The van der Waals surface area contributed by atoms with E-state index in [2.05, 4.69) is 31.9 Å². The number of carbonyl (C=O) groups is 1. The first-order chi connectivity index (χ1) is 9.34. The van der Waals surface area contributed by atoms with Gasteiger partial charge in [0.2, 0.25) is 0 Å². The Labute approximate surface area is 132 Å². The van der Waals surface area contributed by atoms with Crippen LogP contribution in [0.5, 0.6) is 0 Å². The third-order valence-corrected chi connectivity index (χ3v) is 4.99. The van der Waals surface area contributed by atoms with Crippen molar-refractivity contribution in [2.24, 2.45) is 0 Å². The maximum absolute atomic E-state index is 14.1. The van der Waals surface area contributed by atoms with Crippen LogP contribution in [-0.2, 0) is 0 Å². The quantitative estimate of drug-likeness (QED) is 0.618. The molecule has 0 heterocycles. The van der Waals surface area contributed by atoms with Crippen molar-refractivity contribution < 1.29 is 13.6 Å². The van der Waals surface area contributed by atoms with Crippen LogP contribution in [0.15, 0.2) is 33.2 Å². The zero-order chi connectivity index (χ0) is 15.0. The van der Waals surface area contributed by atoms with Crippen molar-refractivity contribution in [3.05, 3.63) is 67.1 Å². The largest absolute Gasteiger partial charge is 0.288 e. The summed E-state index contributed by atoms with van der Waals surface area (Å²) in [5.74, 6) is -2.03. The Balaban J connectivity index is 2.58. The monoisotopic (exact) mass is 402 g/mol. The van der Waals surface area contributed by atoms with Gasteiger partial charge in [0.1, 0.15) is 11.6 Å². The van der Waals surface area contributed by atoms with E-state index in [0.717, 1.165) is 0 Å². The van der Waals surface area contributed by atoms with Crippen molar-refractivity contribution in [3.63, 3.8) is 0 Å². The number of carbonyl (C=O) groups excluding carboxylic acids is 1. The van der Waals surface area contributed by atoms with Crippen LogP contribution in [0, 0.1) is 25.5 Å². The average molecular weight is 404 g/mol. The van der Waals surface area contributed by atoms with Gasteiger partial charge in [-0.15, -0.1) is 0 Å². The Morgan fingerprint density at radius 2 is 1.20 bits per heavy atom. The summed E-state index contributed by atoms with van der Waals surface area (Å²) >= 11 is 6.17. The van der Waals surface area contributed by atoms with Crippen molar-refractivity contribution in [2.75, 3.05) is 0 Å². The summed E-state index contributed by atoms with van der Waals surface area (Å²) in [4.78, 5) is 12.3. The van der Waals surface area contributed by atoms with E-state index in [1.807, 2.05) is 0 Å². The van der Waals surface area contributed by atoms with Crippen molar-refractivity contribution in [1.29, 1.82) is 0 Å². The molecule has 104 valence electrons. The third kappa shape index (κ3) is 2.56. The first kappa shape index (κ1) is 15.3. The number of hydrogen-bond donors (Lipinski definition) is 0. The van der Waals surface area contributed by atoms with Crippen LogP contribution in [0.1, 0.15) is 27.0 Å². The van der Waals surface area contributed by atoms with Gasteiger partial charge in [-0.25, -0.2) is 8.78 Å². The molecule has 0 saturated carbocycles. The molecule has 1 nitrogen and oxygen atoms in total. The van der Waals surface area contributed by atoms with Crippen LogP contribution in [0.2, 0.25) is 0 Å². The maximum Gasteiger partial charge on any atom is 0.198 e. The average Bonchev–Trinajstić information content (AvgIpc) is 2.42. The van der Waals surface area contributed by atoms with E-state index in [9.17, 15) is 13.6 Å². The highest BCUT2D eigenvalue weighted by Crippen LogP contribution is 2.28. The Kier molecular flexibility index (Phi) is 4.39. The fraction of sp³-hybridized carbons (Fsp3) is 0.133. The maximum atomic E-state index is 14.1. The Morgan fingerprint density at radius 3 is 1.55 bits per heavy atom. The number of hydrogen-bond acceptors (Lipinski definition) is 1. The summed E-state index contributed by atoms with van der Waals surface area (Å²) < 4.78 is 28.7. The highest BCUT2D eigenvalue weighted by Gasteiger charge is 2.21. The lowest BCUT2D eigenvalue weighted by Crippen LogP contribution is -2.08. The van der Waals surface area contributed by atoms with Gasteiger partial charge in [0.15, 0.2) is 5.78 Å². The second kappa shape index (κ2) is 5.74. The molecule has 0 fully saturated rings. The van der Waals surface area contributed by atoms with Gasteiger partial charge in [0.25, 0.3) is 0 Å². The number of aryl methyl sites for hydroxylation is 2. The minimum absolute atomic E-state index is 0.155. The van der Waals surface area contributed by atoms with E-state index in [-0.39, 0.29) is 20.1 Å². The molecule has 2 aromatic carbocycles. The van der Waals surface area contributed by atoms with Gasteiger partial charge in [0.05, 0.1) is 20.1 Å². The molecule has 0 saturated heterocycles. The van der Waals surface area contributed by atoms with Gasteiger partial charge in [-0.05, 0) is 69.0 Å². The molecule has 0 N–H and O–H groups in total. The molecule has 0 aromatic heterocycles. The second-order valence-electron chi connectivity index (χ2n) is 4.45. The van der Waals surface area contributed by atoms with E-state index in [1.165, 1.54) is 12.1 Å². The number of rotatable bonds is 2. The van der Waals surface area contributed by atoms with Gasteiger partial charge >= 0.3 is 0 Å². The molecular formula is C15H10Br2F2O. The van der Waals surface area contributed by atoms with Crippen molar-refractivity contribution in [2.45, 2.75) is 13.8 Å². The Bertz CT molecular complexity index is 652. The summed E-state index contributed by atoms with van der Waals surface area (Å²) in [5, 5.41) is 0. The van der Waals surface area contributed by atoms with Gasteiger partial charge in [-0.3, -0.25) is 4.79 Å².